The number of rotatable bonds is 8. The Labute approximate surface area is 301 Å². The fraction of sp³-hybridized carbons (Fsp3) is 0.545. The molecule has 0 saturated carbocycles. The summed E-state index contributed by atoms with van der Waals surface area (Å²) in [5, 5.41) is 1.04. The van der Waals surface area contributed by atoms with Gasteiger partial charge in [-0.3, -0.25) is 4.79 Å². The fourth-order valence-electron chi connectivity index (χ4n) is 5.96. The van der Waals surface area contributed by atoms with E-state index in [4.69, 9.17) is 9.47 Å². The number of benzene rings is 3. The normalized spacial score (nSPS) is 12.5. The van der Waals surface area contributed by atoms with Crippen molar-refractivity contribution in [2.24, 2.45) is 10.8 Å². The molecule has 0 atom stereocenters. The van der Waals surface area contributed by atoms with Crippen LogP contribution in [0.2, 0.25) is 23.2 Å². The van der Waals surface area contributed by atoms with Gasteiger partial charge in [0.2, 0.25) is 0 Å². The number of methoxy groups -OCH3 is 2. The highest BCUT2D eigenvalue weighted by Gasteiger charge is 2.46. The zero-order chi connectivity index (χ0) is 38.1. The van der Waals surface area contributed by atoms with Crippen molar-refractivity contribution in [1.82, 2.24) is 0 Å². The second-order valence-electron chi connectivity index (χ2n) is 17.8. The molecule has 3 aromatic rings. The van der Waals surface area contributed by atoms with Crippen LogP contribution in [0, 0.1) is 10.8 Å². The van der Waals surface area contributed by atoms with Gasteiger partial charge in [0.15, 0.2) is 0 Å². The topological polar surface area (TPSA) is 52.6 Å². The highest BCUT2D eigenvalue weighted by atomic mass is 28.3. The second-order valence-corrected chi connectivity index (χ2v) is 24.1. The van der Waals surface area contributed by atoms with E-state index in [0.29, 0.717) is 22.9 Å². The van der Waals surface area contributed by atoms with Crippen LogP contribution in [0.4, 0.5) is 0 Å². The Morgan fingerprint density at radius 1 is 0.551 bits per heavy atom. The summed E-state index contributed by atoms with van der Waals surface area (Å²) in [6.07, 6.45) is 0.773. The van der Waals surface area contributed by atoms with Gasteiger partial charge in [0.05, 0.1) is 22.3 Å². The molecule has 0 unspecified atom stereocenters. The van der Waals surface area contributed by atoms with E-state index in [1.165, 1.54) is 23.6 Å². The van der Waals surface area contributed by atoms with Crippen LogP contribution < -0.4 is 9.47 Å². The molecule has 49 heavy (non-hydrogen) atoms. The summed E-state index contributed by atoms with van der Waals surface area (Å²) in [7, 11) is 2.30. The van der Waals surface area contributed by atoms with Gasteiger partial charge in [0.25, 0.3) is 0 Å². The minimum atomic E-state index is -1.11. The van der Waals surface area contributed by atoms with Crippen molar-refractivity contribution in [3.63, 3.8) is 0 Å². The molecule has 0 radical (unpaired) electrons. The molecule has 0 saturated heterocycles. The molecule has 0 aromatic heterocycles. The van der Waals surface area contributed by atoms with E-state index < -0.39 is 8.07 Å². The maximum atomic E-state index is 11.2. The number of carbonyl (C=O) groups is 2. The number of hydrogen-bond acceptors (Lipinski definition) is 4. The Morgan fingerprint density at radius 2 is 0.898 bits per heavy atom. The molecule has 0 aliphatic heterocycles. The minimum absolute atomic E-state index is 0.0719. The van der Waals surface area contributed by atoms with E-state index in [0.717, 1.165) is 11.5 Å². The largest absolute Gasteiger partial charge is 0.497 e. The van der Waals surface area contributed by atoms with Crippen molar-refractivity contribution in [2.75, 3.05) is 14.2 Å². The number of ether oxygens (including phenoxy) is 2. The third-order valence-corrected chi connectivity index (χ3v) is 18.2. The Hall–Kier alpha value is -3.18. The second kappa shape index (κ2) is 17.2. The molecule has 5 heteroatoms. The molecule has 3 rings (SSSR count). The number of carbonyl (C=O) groups excluding carboxylic acids is 2. The highest BCUT2D eigenvalue weighted by Crippen LogP contribution is 2.52. The van der Waals surface area contributed by atoms with E-state index in [-0.39, 0.29) is 27.8 Å². The van der Waals surface area contributed by atoms with Crippen molar-refractivity contribution < 1.29 is 19.1 Å². The standard InChI is InChI=1S/C25H28O2.C10H24Si.C9H16O2/c1-24(2,3)25(19-9-7-6-8-10-19,20-11-15-22(26-4)16-12-20)21-13-17-23(27-5)18-14-21;1-9(2,3)11(7,8)10(4,5)6;1-7(10)5-6-8(11)9(2,3)4/h6-18H,1-5H3;1-8H3;5-6H2,1-4H3. The van der Waals surface area contributed by atoms with Gasteiger partial charge in [-0.2, -0.15) is 0 Å². The van der Waals surface area contributed by atoms with Gasteiger partial charge in [0.1, 0.15) is 23.1 Å². The molecule has 0 aliphatic carbocycles. The van der Waals surface area contributed by atoms with E-state index in [1.807, 2.05) is 45.0 Å². The summed E-state index contributed by atoms with van der Waals surface area (Å²) in [4.78, 5) is 21.7. The number of hydrogen-bond donors (Lipinski definition) is 0. The van der Waals surface area contributed by atoms with E-state index in [1.54, 1.807) is 14.2 Å². The predicted molar refractivity (Wildman–Crippen MR) is 213 cm³/mol. The van der Waals surface area contributed by atoms with Crippen molar-refractivity contribution in [3.8, 4) is 11.5 Å². The monoisotopic (exact) mass is 688 g/mol. The average molecular weight is 689 g/mol. The molecule has 0 bridgehead atoms. The Morgan fingerprint density at radius 3 is 1.14 bits per heavy atom. The van der Waals surface area contributed by atoms with E-state index >= 15 is 0 Å². The zero-order valence-corrected chi connectivity index (χ0v) is 35.1. The molecule has 0 amide bonds. The SMILES string of the molecule is CC(=O)CCC(=O)C(C)(C)C.CC(C)(C)[Si](C)(C)C(C)(C)C.COc1ccc(C(c2ccccc2)(c2ccc(OC)cc2)C(C)(C)C)cc1. The van der Waals surface area contributed by atoms with Crippen LogP contribution in [0.15, 0.2) is 78.9 Å². The van der Waals surface area contributed by atoms with Gasteiger partial charge in [-0.15, -0.1) is 0 Å². The molecular formula is C44H68O4Si. The lowest BCUT2D eigenvalue weighted by Crippen LogP contribution is -2.45. The zero-order valence-electron chi connectivity index (χ0n) is 34.1. The average Bonchev–Trinajstić information content (AvgIpc) is 3.00. The van der Waals surface area contributed by atoms with Crippen LogP contribution in [0.5, 0.6) is 11.5 Å². The summed E-state index contributed by atoms with van der Waals surface area (Å²) in [5.41, 5.74) is 3.08. The molecule has 0 fully saturated rings. The smallest absolute Gasteiger partial charge is 0.138 e. The number of Topliss-reactive ketones (excluding diaryl/α,β-unsaturated/α-hetero) is 2. The minimum Gasteiger partial charge on any atom is -0.497 e. The number of ketones is 2. The molecular weight excluding hydrogens is 621 g/mol. The Kier molecular flexibility index (Phi) is 15.4. The molecule has 272 valence electrons. The summed E-state index contributed by atoms with van der Waals surface area (Å²) in [6, 6.07) is 27.6. The molecule has 0 aliphatic rings. The van der Waals surface area contributed by atoms with Crippen molar-refractivity contribution >= 4 is 19.6 Å². The fourth-order valence-corrected chi connectivity index (χ4v) is 8.21. The maximum Gasteiger partial charge on any atom is 0.138 e. The first-order valence-corrected chi connectivity index (χ1v) is 20.6. The molecule has 0 N–H and O–H groups in total. The highest BCUT2D eigenvalue weighted by molar-refractivity contribution is 6.82. The maximum absolute atomic E-state index is 11.2. The van der Waals surface area contributed by atoms with Gasteiger partial charge in [-0.05, 0) is 63.4 Å². The van der Waals surface area contributed by atoms with E-state index in [9.17, 15) is 9.59 Å². The Balaban J connectivity index is 0.000000452. The van der Waals surface area contributed by atoms with Crippen molar-refractivity contribution in [1.29, 1.82) is 0 Å². The molecule has 0 heterocycles. The van der Waals surface area contributed by atoms with Crippen molar-refractivity contribution in [3.05, 3.63) is 95.6 Å². The van der Waals surface area contributed by atoms with Gasteiger partial charge in [-0.25, -0.2) is 0 Å². The Bertz CT molecular complexity index is 1380. The van der Waals surface area contributed by atoms with Crippen LogP contribution >= 0.6 is 0 Å². The van der Waals surface area contributed by atoms with Gasteiger partial charge < -0.3 is 14.3 Å². The van der Waals surface area contributed by atoms with Gasteiger partial charge in [0, 0.05) is 23.7 Å². The van der Waals surface area contributed by atoms with Gasteiger partial charge in [-0.1, -0.05) is 151 Å². The molecule has 3 aromatic carbocycles. The van der Waals surface area contributed by atoms with Crippen LogP contribution in [0.1, 0.15) is 120 Å². The van der Waals surface area contributed by atoms with E-state index in [2.05, 4.69) is 130 Å². The third kappa shape index (κ3) is 11.4. The van der Waals surface area contributed by atoms with Crippen LogP contribution in [0.25, 0.3) is 0 Å². The van der Waals surface area contributed by atoms with Crippen molar-refractivity contribution in [2.45, 2.75) is 131 Å². The molecule has 0 spiro atoms. The van der Waals surface area contributed by atoms with Crippen LogP contribution in [-0.4, -0.2) is 33.9 Å². The summed E-state index contributed by atoms with van der Waals surface area (Å²) in [6.45, 7) is 33.3. The van der Waals surface area contributed by atoms with Crippen LogP contribution in [0.3, 0.4) is 0 Å². The first kappa shape index (κ1) is 43.8. The summed E-state index contributed by atoms with van der Waals surface area (Å²) >= 11 is 0. The lowest BCUT2D eigenvalue weighted by atomic mass is 9.56. The summed E-state index contributed by atoms with van der Waals surface area (Å²) < 4.78 is 10.8. The first-order valence-electron chi connectivity index (χ1n) is 17.6. The predicted octanol–water partition coefficient (Wildman–Crippen LogP) is 12.4. The van der Waals surface area contributed by atoms with Gasteiger partial charge >= 0.3 is 0 Å². The quantitative estimate of drug-likeness (QED) is 0.175. The molecule has 4 nitrogen and oxygen atoms in total. The lowest BCUT2D eigenvalue weighted by Gasteiger charge is -2.47. The van der Waals surface area contributed by atoms with Crippen LogP contribution in [-0.2, 0) is 15.0 Å². The summed E-state index contributed by atoms with van der Waals surface area (Å²) in [5.74, 6) is 1.98. The first-order chi connectivity index (χ1) is 22.3. The lowest BCUT2D eigenvalue weighted by molar-refractivity contribution is -0.128. The third-order valence-electron chi connectivity index (χ3n) is 10.7.